The van der Waals surface area contributed by atoms with E-state index in [0.29, 0.717) is 5.56 Å². The summed E-state index contributed by atoms with van der Waals surface area (Å²) >= 11 is 0. The highest BCUT2D eigenvalue weighted by Crippen LogP contribution is 2.30. The molecule has 0 unspecified atom stereocenters. The number of rotatable bonds is 5. The lowest BCUT2D eigenvalue weighted by Gasteiger charge is -2.13. The van der Waals surface area contributed by atoms with Gasteiger partial charge in [-0.25, -0.2) is 8.42 Å². The van der Waals surface area contributed by atoms with Crippen LogP contribution < -0.4 is 10.0 Å². The molecule has 0 heterocycles. The van der Waals surface area contributed by atoms with Gasteiger partial charge >= 0.3 is 6.18 Å². The smallest absolute Gasteiger partial charge is 0.322 e. The molecule has 0 radical (unpaired) electrons. The van der Waals surface area contributed by atoms with Gasteiger partial charge in [-0.05, 0) is 67.9 Å². The second-order valence-electron chi connectivity index (χ2n) is 6.98. The van der Waals surface area contributed by atoms with E-state index >= 15 is 0 Å². The van der Waals surface area contributed by atoms with Gasteiger partial charge in [-0.3, -0.25) is 9.52 Å². The van der Waals surface area contributed by atoms with Gasteiger partial charge in [0.05, 0.1) is 16.1 Å². The van der Waals surface area contributed by atoms with Gasteiger partial charge in [0.1, 0.15) is 0 Å². The number of nitrogens with one attached hydrogen (secondary N) is 2. The van der Waals surface area contributed by atoms with Gasteiger partial charge < -0.3 is 5.32 Å². The highest BCUT2D eigenvalue weighted by molar-refractivity contribution is 7.92. The summed E-state index contributed by atoms with van der Waals surface area (Å²) in [5, 5.41) is 2.50. The second-order valence-corrected chi connectivity index (χ2v) is 8.66. The molecule has 162 valence electrons. The summed E-state index contributed by atoms with van der Waals surface area (Å²) in [6, 6.07) is 14.8. The van der Waals surface area contributed by atoms with E-state index in [9.17, 15) is 26.4 Å². The Morgan fingerprint density at radius 1 is 0.871 bits per heavy atom. The van der Waals surface area contributed by atoms with Crippen LogP contribution in [0.15, 0.2) is 71.6 Å². The maximum atomic E-state index is 12.7. The van der Waals surface area contributed by atoms with E-state index in [4.69, 9.17) is 0 Å². The van der Waals surface area contributed by atoms with Crippen molar-refractivity contribution in [1.82, 2.24) is 0 Å². The number of aryl methyl sites for hydroxylation is 2. The van der Waals surface area contributed by atoms with Crippen molar-refractivity contribution in [3.63, 3.8) is 0 Å². The van der Waals surface area contributed by atoms with Crippen molar-refractivity contribution in [2.24, 2.45) is 0 Å². The van der Waals surface area contributed by atoms with Crippen LogP contribution in [-0.4, -0.2) is 14.3 Å². The fourth-order valence-corrected chi connectivity index (χ4v) is 3.86. The predicted octanol–water partition coefficient (Wildman–Crippen LogP) is 5.38. The molecule has 9 heteroatoms. The molecule has 3 rings (SSSR count). The van der Waals surface area contributed by atoms with E-state index in [-0.39, 0.29) is 21.8 Å². The Hall–Kier alpha value is -3.33. The van der Waals surface area contributed by atoms with Crippen LogP contribution in [-0.2, 0) is 16.2 Å². The van der Waals surface area contributed by atoms with Gasteiger partial charge in [0.15, 0.2) is 0 Å². The first kappa shape index (κ1) is 22.4. The number of halogens is 3. The Balaban J connectivity index is 1.80. The monoisotopic (exact) mass is 448 g/mol. The molecule has 0 fully saturated rings. The van der Waals surface area contributed by atoms with Crippen LogP contribution in [0.3, 0.4) is 0 Å². The fraction of sp³-hybridized carbons (Fsp3) is 0.136. The largest absolute Gasteiger partial charge is 0.416 e. The molecule has 1 amide bonds. The van der Waals surface area contributed by atoms with Crippen molar-refractivity contribution in [3.8, 4) is 0 Å². The van der Waals surface area contributed by atoms with Crippen molar-refractivity contribution < 1.29 is 26.4 Å². The van der Waals surface area contributed by atoms with E-state index in [1.807, 2.05) is 6.92 Å². The molecule has 3 aromatic rings. The van der Waals surface area contributed by atoms with Gasteiger partial charge in [-0.1, -0.05) is 23.8 Å². The minimum absolute atomic E-state index is 0.0807. The van der Waals surface area contributed by atoms with Crippen LogP contribution in [0, 0.1) is 13.8 Å². The molecule has 2 N–H and O–H groups in total. The van der Waals surface area contributed by atoms with Crippen LogP contribution in [0.1, 0.15) is 27.0 Å². The van der Waals surface area contributed by atoms with Crippen molar-refractivity contribution in [2.45, 2.75) is 24.9 Å². The second kappa shape index (κ2) is 8.43. The molecule has 0 aliphatic rings. The Morgan fingerprint density at radius 2 is 1.48 bits per heavy atom. The van der Waals surface area contributed by atoms with Crippen LogP contribution >= 0.6 is 0 Å². The summed E-state index contributed by atoms with van der Waals surface area (Å²) in [6.45, 7) is 3.53. The maximum Gasteiger partial charge on any atom is 0.416 e. The average Bonchev–Trinajstić information content (AvgIpc) is 2.69. The summed E-state index contributed by atoms with van der Waals surface area (Å²) in [4.78, 5) is 12.6. The Bertz CT molecular complexity index is 1200. The zero-order valence-corrected chi connectivity index (χ0v) is 17.4. The number of carbonyl (C=O) groups is 1. The first-order valence-corrected chi connectivity index (χ1v) is 10.6. The summed E-state index contributed by atoms with van der Waals surface area (Å²) in [6.07, 6.45) is -4.47. The first-order chi connectivity index (χ1) is 14.5. The highest BCUT2D eigenvalue weighted by Gasteiger charge is 2.30. The molecule has 0 spiro atoms. The van der Waals surface area contributed by atoms with E-state index in [1.54, 1.807) is 25.1 Å². The zero-order valence-electron chi connectivity index (χ0n) is 16.6. The van der Waals surface area contributed by atoms with E-state index in [0.717, 1.165) is 29.8 Å². The molecule has 0 saturated carbocycles. The molecule has 5 nitrogen and oxygen atoms in total. The number of anilines is 2. The average molecular weight is 448 g/mol. The minimum Gasteiger partial charge on any atom is -0.322 e. The number of hydrogen-bond acceptors (Lipinski definition) is 3. The van der Waals surface area contributed by atoms with E-state index < -0.39 is 27.7 Å². The third-order valence-electron chi connectivity index (χ3n) is 4.55. The molecule has 3 aromatic carbocycles. The summed E-state index contributed by atoms with van der Waals surface area (Å²) in [5.41, 5.74) is 1.24. The molecular weight excluding hydrogens is 429 g/mol. The molecule has 0 aromatic heterocycles. The lowest BCUT2D eigenvalue weighted by molar-refractivity contribution is -0.137. The molecule has 0 atom stereocenters. The van der Waals surface area contributed by atoms with Gasteiger partial charge in [0.25, 0.3) is 15.9 Å². The number of benzene rings is 3. The maximum absolute atomic E-state index is 12.7. The Kier molecular flexibility index (Phi) is 6.08. The van der Waals surface area contributed by atoms with Crippen molar-refractivity contribution >= 4 is 27.3 Å². The highest BCUT2D eigenvalue weighted by atomic mass is 32.2. The summed E-state index contributed by atoms with van der Waals surface area (Å²) < 4.78 is 65.8. The molecule has 0 bridgehead atoms. The number of carbonyl (C=O) groups excluding carboxylic acids is 1. The van der Waals surface area contributed by atoms with Crippen LogP contribution in [0.5, 0.6) is 0 Å². The van der Waals surface area contributed by atoms with Crippen LogP contribution in [0.2, 0.25) is 0 Å². The first-order valence-electron chi connectivity index (χ1n) is 9.14. The van der Waals surface area contributed by atoms with E-state index in [1.165, 1.54) is 24.3 Å². The number of sulfonamides is 1. The molecule has 0 aliphatic carbocycles. The third-order valence-corrected chi connectivity index (χ3v) is 5.93. The lowest BCUT2D eigenvalue weighted by Crippen LogP contribution is -2.16. The number of alkyl halides is 3. The van der Waals surface area contributed by atoms with Gasteiger partial charge in [-0.2, -0.15) is 13.2 Å². The van der Waals surface area contributed by atoms with Crippen molar-refractivity contribution in [3.05, 3.63) is 89.0 Å². The minimum atomic E-state index is -4.47. The predicted molar refractivity (Wildman–Crippen MR) is 113 cm³/mol. The summed E-state index contributed by atoms with van der Waals surface area (Å²) in [7, 11) is -3.86. The van der Waals surface area contributed by atoms with Crippen molar-refractivity contribution in [1.29, 1.82) is 0 Å². The van der Waals surface area contributed by atoms with Crippen molar-refractivity contribution in [2.75, 3.05) is 10.0 Å². The lowest BCUT2D eigenvalue weighted by atomic mass is 10.1. The van der Waals surface area contributed by atoms with Gasteiger partial charge in [0.2, 0.25) is 0 Å². The SMILES string of the molecule is Cc1ccc(S(=O)(=O)Nc2cc(C(=O)Nc3ccc(C(F)(F)F)cc3)ccc2C)cc1. The third kappa shape index (κ3) is 5.43. The Morgan fingerprint density at radius 3 is 2.06 bits per heavy atom. The number of hydrogen-bond donors (Lipinski definition) is 2. The topological polar surface area (TPSA) is 75.3 Å². The van der Waals surface area contributed by atoms with Gasteiger partial charge in [-0.15, -0.1) is 0 Å². The standard InChI is InChI=1S/C22H19F3N2O3S/c1-14-3-11-19(12-4-14)31(29,30)27-20-13-16(6-5-15(20)2)21(28)26-18-9-7-17(8-10-18)22(23,24)25/h3-13,27H,1-2H3,(H,26,28). The summed E-state index contributed by atoms with van der Waals surface area (Å²) in [5.74, 6) is -0.587. The normalized spacial score (nSPS) is 11.8. The quantitative estimate of drug-likeness (QED) is 0.551. The Labute approximate surface area is 178 Å². The number of amides is 1. The van der Waals surface area contributed by atoms with Crippen LogP contribution in [0.4, 0.5) is 24.5 Å². The fourth-order valence-electron chi connectivity index (χ4n) is 2.74. The van der Waals surface area contributed by atoms with Crippen LogP contribution in [0.25, 0.3) is 0 Å². The molecular formula is C22H19F3N2O3S. The molecule has 31 heavy (non-hydrogen) atoms. The molecule has 0 aliphatic heterocycles. The van der Waals surface area contributed by atoms with E-state index in [2.05, 4.69) is 10.0 Å². The molecule has 0 saturated heterocycles. The van der Waals surface area contributed by atoms with Gasteiger partial charge in [0, 0.05) is 11.3 Å². The zero-order chi connectivity index (χ0) is 22.8.